The number of anilines is 1. The van der Waals surface area contributed by atoms with E-state index in [1.807, 2.05) is 29.9 Å². The van der Waals surface area contributed by atoms with Crippen LogP contribution in [0.3, 0.4) is 0 Å². The lowest BCUT2D eigenvalue weighted by Crippen LogP contribution is -2.11. The third-order valence-electron chi connectivity index (χ3n) is 4.04. The highest BCUT2D eigenvalue weighted by Gasteiger charge is 2.15. The number of carbonyl (C=O) groups is 1. The molecule has 0 spiro atoms. The lowest BCUT2D eigenvalue weighted by Gasteiger charge is -2.07. The predicted molar refractivity (Wildman–Crippen MR) is 100 cm³/mol. The van der Waals surface area contributed by atoms with Gasteiger partial charge in [0.15, 0.2) is 0 Å². The molecule has 6 nitrogen and oxygen atoms in total. The number of aliphatic imine (C=N–C) groups is 1. The van der Waals surface area contributed by atoms with Crippen molar-refractivity contribution in [2.75, 3.05) is 5.32 Å². The van der Waals surface area contributed by atoms with E-state index in [-0.39, 0.29) is 11.7 Å². The first kappa shape index (κ1) is 15.6. The van der Waals surface area contributed by atoms with E-state index in [9.17, 15) is 9.90 Å². The minimum atomic E-state index is -0.0829. The number of rotatable bonds is 5. The average Bonchev–Trinajstić information content (AvgIpc) is 3.36. The second-order valence-corrected chi connectivity index (χ2v) is 6.74. The third kappa shape index (κ3) is 3.18. The van der Waals surface area contributed by atoms with Crippen molar-refractivity contribution in [2.24, 2.45) is 4.99 Å². The Labute approximate surface area is 147 Å². The number of amides is 1. The van der Waals surface area contributed by atoms with Gasteiger partial charge in [-0.05, 0) is 35.6 Å². The molecule has 0 fully saturated rings. The van der Waals surface area contributed by atoms with Gasteiger partial charge in [-0.3, -0.25) is 9.79 Å². The highest BCUT2D eigenvalue weighted by atomic mass is 32.1. The fourth-order valence-corrected chi connectivity index (χ4v) is 3.41. The fraction of sp³-hybridized carbons (Fsp3) is 0.167. The van der Waals surface area contributed by atoms with E-state index < -0.39 is 0 Å². The van der Waals surface area contributed by atoms with Crippen molar-refractivity contribution in [3.63, 3.8) is 0 Å². The molecule has 1 aliphatic heterocycles. The van der Waals surface area contributed by atoms with Gasteiger partial charge in [-0.1, -0.05) is 6.07 Å². The molecular formula is C18H16N4O2S. The van der Waals surface area contributed by atoms with E-state index in [0.29, 0.717) is 35.4 Å². The van der Waals surface area contributed by atoms with Crippen LogP contribution in [0, 0.1) is 0 Å². The number of imidazole rings is 1. The van der Waals surface area contributed by atoms with Gasteiger partial charge >= 0.3 is 0 Å². The number of carbonyl (C=O) groups excluding carboxylic acids is 1. The number of nitrogens with zero attached hydrogens (tertiary/aromatic N) is 2. The molecule has 3 N–H and O–H groups in total. The summed E-state index contributed by atoms with van der Waals surface area (Å²) in [6, 6.07) is 7.13. The number of allylic oxidation sites excluding steroid dienone is 1. The normalized spacial score (nSPS) is 13.4. The van der Waals surface area contributed by atoms with Crippen molar-refractivity contribution < 1.29 is 9.90 Å². The summed E-state index contributed by atoms with van der Waals surface area (Å²) < 4.78 is 0. The van der Waals surface area contributed by atoms with Crippen LogP contribution < -0.4 is 5.32 Å². The summed E-state index contributed by atoms with van der Waals surface area (Å²) in [6.07, 6.45) is 5.55. The highest BCUT2D eigenvalue weighted by Crippen LogP contribution is 2.33. The van der Waals surface area contributed by atoms with Crippen molar-refractivity contribution >= 4 is 40.2 Å². The number of phenols is 1. The molecular weight excluding hydrogens is 336 g/mol. The van der Waals surface area contributed by atoms with Gasteiger partial charge in [-0.15, -0.1) is 11.3 Å². The summed E-state index contributed by atoms with van der Waals surface area (Å²) in [5.41, 5.74) is 2.83. The van der Waals surface area contributed by atoms with Crippen LogP contribution in [0.2, 0.25) is 0 Å². The summed E-state index contributed by atoms with van der Waals surface area (Å²) >= 11 is 1.56. The van der Waals surface area contributed by atoms with E-state index >= 15 is 0 Å². The van der Waals surface area contributed by atoms with Gasteiger partial charge in [-0.2, -0.15) is 0 Å². The van der Waals surface area contributed by atoms with Crippen molar-refractivity contribution in [1.82, 2.24) is 9.97 Å². The maximum Gasteiger partial charge on any atom is 0.224 e. The molecule has 25 heavy (non-hydrogen) atoms. The molecule has 0 radical (unpaired) electrons. The largest absolute Gasteiger partial charge is 0.506 e. The summed E-state index contributed by atoms with van der Waals surface area (Å²) in [5.74, 6) is 0.701. The Morgan fingerprint density at radius 3 is 3.04 bits per heavy atom. The number of aromatic nitrogens is 2. The molecule has 1 aliphatic rings. The number of nitrogens with one attached hydrogen (secondary N) is 2. The van der Waals surface area contributed by atoms with Crippen LogP contribution in [0.5, 0.6) is 5.75 Å². The Morgan fingerprint density at radius 2 is 2.28 bits per heavy atom. The summed E-state index contributed by atoms with van der Waals surface area (Å²) in [7, 11) is 0. The molecule has 3 aromatic rings. The number of hydrogen-bond acceptors (Lipinski definition) is 5. The predicted octanol–water partition coefficient (Wildman–Crippen LogP) is 4.07. The smallest absolute Gasteiger partial charge is 0.224 e. The quantitative estimate of drug-likeness (QED) is 0.605. The number of aromatic hydroxyl groups is 1. The second-order valence-electron chi connectivity index (χ2n) is 5.79. The monoisotopic (exact) mass is 352 g/mol. The Balaban J connectivity index is 1.56. The van der Waals surface area contributed by atoms with Crippen LogP contribution >= 0.6 is 11.3 Å². The molecule has 1 amide bonds. The zero-order valence-corrected chi connectivity index (χ0v) is 14.1. The minimum absolute atomic E-state index is 0.0829. The van der Waals surface area contributed by atoms with E-state index in [1.165, 1.54) is 0 Å². The number of benzene rings is 1. The first-order chi connectivity index (χ1) is 12.2. The van der Waals surface area contributed by atoms with Gasteiger partial charge in [0.05, 0.1) is 10.6 Å². The van der Waals surface area contributed by atoms with Crippen LogP contribution in [-0.2, 0) is 4.79 Å². The standard InChI is InChI=1S/C18H16N4O2S/c23-13-5-4-12(20-15(24)6-3-11-7-8-19-10-11)16-17(13)22-18(21-16)14-2-1-9-25-14/h1-2,4-5,8-10,23H,3,6-7H2,(H,20,24)(H,21,22). The van der Waals surface area contributed by atoms with Gasteiger partial charge in [0, 0.05) is 25.3 Å². The zero-order chi connectivity index (χ0) is 17.2. The summed E-state index contributed by atoms with van der Waals surface area (Å²) in [4.78, 5) is 25.0. The molecule has 0 aliphatic carbocycles. The molecule has 3 heterocycles. The number of phenolic OH excluding ortho intramolecular Hbond substituents is 1. The van der Waals surface area contributed by atoms with Crippen LogP contribution in [-0.4, -0.2) is 27.2 Å². The zero-order valence-electron chi connectivity index (χ0n) is 13.3. The topological polar surface area (TPSA) is 90.4 Å². The van der Waals surface area contributed by atoms with Gasteiger partial charge in [0.25, 0.3) is 0 Å². The SMILES string of the molecule is O=C(CCC1=CN=CC1)Nc1ccc(O)c2[nH]c(-c3cccs3)nc12. The van der Waals surface area contributed by atoms with Crippen molar-refractivity contribution in [3.8, 4) is 16.5 Å². The van der Waals surface area contributed by atoms with Crippen molar-refractivity contribution in [3.05, 3.63) is 41.4 Å². The van der Waals surface area contributed by atoms with Gasteiger partial charge in [-0.25, -0.2) is 4.98 Å². The number of fused-ring (bicyclic) bond motifs is 1. The van der Waals surface area contributed by atoms with Gasteiger partial charge < -0.3 is 15.4 Å². The van der Waals surface area contributed by atoms with Crippen molar-refractivity contribution in [1.29, 1.82) is 0 Å². The lowest BCUT2D eigenvalue weighted by molar-refractivity contribution is -0.116. The second kappa shape index (κ2) is 6.52. The van der Waals surface area contributed by atoms with Gasteiger partial charge in [0.1, 0.15) is 22.6 Å². The molecule has 2 aromatic heterocycles. The molecule has 0 atom stereocenters. The Bertz CT molecular complexity index is 986. The van der Waals surface area contributed by atoms with Crippen LogP contribution in [0.25, 0.3) is 21.7 Å². The molecule has 7 heteroatoms. The number of hydrogen-bond donors (Lipinski definition) is 3. The van der Waals surface area contributed by atoms with Crippen LogP contribution in [0.15, 0.2) is 46.4 Å². The molecule has 0 saturated heterocycles. The third-order valence-corrected chi connectivity index (χ3v) is 4.92. The Morgan fingerprint density at radius 1 is 1.36 bits per heavy atom. The Hall–Kier alpha value is -2.93. The summed E-state index contributed by atoms with van der Waals surface area (Å²) in [5, 5.41) is 14.9. The average molecular weight is 352 g/mol. The highest BCUT2D eigenvalue weighted by molar-refractivity contribution is 7.13. The number of thiophene rings is 1. The molecule has 1 aromatic carbocycles. The first-order valence-electron chi connectivity index (χ1n) is 7.95. The van der Waals surface area contributed by atoms with Crippen LogP contribution in [0.1, 0.15) is 19.3 Å². The number of H-pyrrole nitrogens is 1. The lowest BCUT2D eigenvalue weighted by atomic mass is 10.1. The summed E-state index contributed by atoms with van der Waals surface area (Å²) in [6.45, 7) is 0. The molecule has 4 rings (SSSR count). The maximum atomic E-state index is 12.3. The Kier molecular flexibility index (Phi) is 4.07. The van der Waals surface area contributed by atoms with E-state index in [2.05, 4.69) is 20.3 Å². The van der Waals surface area contributed by atoms with Crippen molar-refractivity contribution in [2.45, 2.75) is 19.3 Å². The maximum absolute atomic E-state index is 12.3. The van der Waals surface area contributed by atoms with E-state index in [0.717, 1.165) is 16.9 Å². The number of aromatic amines is 1. The minimum Gasteiger partial charge on any atom is -0.506 e. The van der Waals surface area contributed by atoms with E-state index in [1.54, 1.807) is 23.5 Å². The molecule has 0 saturated carbocycles. The van der Waals surface area contributed by atoms with Crippen LogP contribution in [0.4, 0.5) is 5.69 Å². The molecule has 0 unspecified atom stereocenters. The van der Waals surface area contributed by atoms with Gasteiger partial charge in [0.2, 0.25) is 5.91 Å². The molecule has 126 valence electrons. The molecule has 0 bridgehead atoms. The fourth-order valence-electron chi connectivity index (χ4n) is 2.74. The van der Waals surface area contributed by atoms with E-state index in [4.69, 9.17) is 0 Å². The first-order valence-corrected chi connectivity index (χ1v) is 8.83.